The van der Waals surface area contributed by atoms with E-state index in [1.165, 1.54) is 25.0 Å². The van der Waals surface area contributed by atoms with Crippen LogP contribution in [0.2, 0.25) is 5.02 Å². The maximum atomic E-state index is 12.3. The topological polar surface area (TPSA) is 88.4 Å². The third-order valence-corrected chi connectivity index (χ3v) is 4.16. The number of halogens is 1. The zero-order chi connectivity index (χ0) is 17.1. The number of non-ortho nitro benzene ring substituents is 1. The molecule has 8 heteroatoms. The van der Waals surface area contributed by atoms with E-state index in [-0.39, 0.29) is 16.3 Å². The van der Waals surface area contributed by atoms with Gasteiger partial charge in [0.2, 0.25) is 0 Å². The van der Waals surface area contributed by atoms with Crippen LogP contribution in [0.5, 0.6) is 0 Å². The number of carbonyl (C=O) groups is 1. The Kier molecular flexibility index (Phi) is 4.61. The minimum atomic E-state index is -0.561. The number of nitrogens with one attached hydrogen (secondary N) is 1. The Hall–Kier alpha value is -2.67. The summed E-state index contributed by atoms with van der Waals surface area (Å²) in [6.45, 7) is 1.99. The molecule has 0 aliphatic carbocycles. The Labute approximate surface area is 143 Å². The molecule has 24 heavy (non-hydrogen) atoms. The van der Waals surface area contributed by atoms with E-state index in [1.807, 2.05) is 6.07 Å². The fourth-order valence-corrected chi connectivity index (χ4v) is 2.85. The van der Waals surface area contributed by atoms with E-state index in [2.05, 4.69) is 15.2 Å². The number of nitro groups is 1. The molecule has 1 N–H and O–H groups in total. The molecule has 1 fully saturated rings. The summed E-state index contributed by atoms with van der Waals surface area (Å²) in [5.74, 6) is 0.449. The quantitative estimate of drug-likeness (QED) is 0.676. The number of hydrogen-bond donors (Lipinski definition) is 1. The first-order chi connectivity index (χ1) is 11.5. The summed E-state index contributed by atoms with van der Waals surface area (Å²) in [4.78, 5) is 28.9. The lowest BCUT2D eigenvalue weighted by molar-refractivity contribution is -0.384. The first-order valence-electron chi connectivity index (χ1n) is 7.51. The van der Waals surface area contributed by atoms with Crippen molar-refractivity contribution in [3.05, 3.63) is 57.2 Å². The normalized spacial score (nSPS) is 13.8. The van der Waals surface area contributed by atoms with E-state index < -0.39 is 10.8 Å². The Balaban J connectivity index is 1.71. The molecule has 2 heterocycles. The average Bonchev–Trinajstić information content (AvgIpc) is 3.09. The highest BCUT2D eigenvalue weighted by Crippen LogP contribution is 2.24. The summed E-state index contributed by atoms with van der Waals surface area (Å²) in [7, 11) is 0. The van der Waals surface area contributed by atoms with Crippen molar-refractivity contribution in [2.45, 2.75) is 12.8 Å². The summed E-state index contributed by atoms with van der Waals surface area (Å²) >= 11 is 5.96. The molecular weight excluding hydrogens is 332 g/mol. The van der Waals surface area contributed by atoms with Crippen LogP contribution >= 0.6 is 11.6 Å². The molecule has 1 aromatic carbocycles. The van der Waals surface area contributed by atoms with Crippen LogP contribution < -0.4 is 10.2 Å². The zero-order valence-corrected chi connectivity index (χ0v) is 13.5. The lowest BCUT2D eigenvalue weighted by Gasteiger charge is -2.16. The zero-order valence-electron chi connectivity index (χ0n) is 12.7. The molecule has 1 aromatic heterocycles. The van der Waals surface area contributed by atoms with Gasteiger partial charge < -0.3 is 10.2 Å². The van der Waals surface area contributed by atoms with Crippen LogP contribution in [-0.2, 0) is 0 Å². The van der Waals surface area contributed by atoms with E-state index in [4.69, 9.17) is 11.6 Å². The number of hydrogen-bond acceptors (Lipinski definition) is 5. The molecule has 0 atom stereocenters. The third-order valence-electron chi connectivity index (χ3n) is 3.84. The minimum absolute atomic E-state index is 0.0309. The lowest BCUT2D eigenvalue weighted by Crippen LogP contribution is -2.19. The van der Waals surface area contributed by atoms with E-state index in [0.29, 0.717) is 5.69 Å². The molecule has 3 rings (SSSR count). The van der Waals surface area contributed by atoms with Crippen LogP contribution in [-0.4, -0.2) is 28.9 Å². The average molecular weight is 347 g/mol. The Morgan fingerprint density at radius 2 is 2.00 bits per heavy atom. The fourth-order valence-electron chi connectivity index (χ4n) is 2.59. The van der Waals surface area contributed by atoms with Crippen molar-refractivity contribution < 1.29 is 9.72 Å². The monoisotopic (exact) mass is 346 g/mol. The number of anilines is 2. The van der Waals surface area contributed by atoms with Crippen molar-refractivity contribution in [1.82, 2.24) is 4.98 Å². The first kappa shape index (κ1) is 16.2. The van der Waals surface area contributed by atoms with Crippen LogP contribution in [0, 0.1) is 10.1 Å². The maximum Gasteiger partial charge on any atom is 0.270 e. The van der Waals surface area contributed by atoms with Gasteiger partial charge in [-0.1, -0.05) is 11.6 Å². The molecule has 1 amide bonds. The van der Waals surface area contributed by atoms with Gasteiger partial charge in [0.05, 0.1) is 27.4 Å². The number of aromatic nitrogens is 1. The predicted molar refractivity (Wildman–Crippen MR) is 91.7 cm³/mol. The largest absolute Gasteiger partial charge is 0.357 e. The summed E-state index contributed by atoms with van der Waals surface area (Å²) in [6, 6.07) is 7.37. The van der Waals surface area contributed by atoms with Gasteiger partial charge in [-0.2, -0.15) is 0 Å². The van der Waals surface area contributed by atoms with Crippen LogP contribution in [0.15, 0.2) is 36.5 Å². The summed E-state index contributed by atoms with van der Waals surface area (Å²) < 4.78 is 0. The van der Waals surface area contributed by atoms with Crippen molar-refractivity contribution in [3.63, 3.8) is 0 Å². The number of nitrogens with zero attached hydrogens (tertiary/aromatic N) is 3. The highest BCUT2D eigenvalue weighted by Gasteiger charge is 2.16. The SMILES string of the molecule is O=C(Nc1ccc(N2CCCC2)nc1)c1ccc([N+](=O)[O-])cc1Cl. The predicted octanol–water partition coefficient (Wildman–Crippen LogP) is 3.50. The van der Waals surface area contributed by atoms with Crippen molar-refractivity contribution in [2.24, 2.45) is 0 Å². The Bertz CT molecular complexity index is 773. The van der Waals surface area contributed by atoms with Crippen LogP contribution in [0.25, 0.3) is 0 Å². The van der Waals surface area contributed by atoms with E-state index in [1.54, 1.807) is 12.3 Å². The second-order valence-electron chi connectivity index (χ2n) is 5.47. The molecule has 0 radical (unpaired) electrons. The lowest BCUT2D eigenvalue weighted by atomic mass is 10.2. The molecule has 2 aromatic rings. The molecule has 1 saturated heterocycles. The highest BCUT2D eigenvalue weighted by molar-refractivity contribution is 6.34. The molecule has 7 nitrogen and oxygen atoms in total. The van der Waals surface area contributed by atoms with Crippen LogP contribution in [0.3, 0.4) is 0 Å². The van der Waals surface area contributed by atoms with Crippen molar-refractivity contribution in [2.75, 3.05) is 23.3 Å². The van der Waals surface area contributed by atoms with Gasteiger partial charge in [0, 0.05) is 25.2 Å². The van der Waals surface area contributed by atoms with Crippen molar-refractivity contribution in [3.8, 4) is 0 Å². The number of benzene rings is 1. The molecule has 1 aliphatic rings. The number of rotatable bonds is 4. The number of amides is 1. The second-order valence-corrected chi connectivity index (χ2v) is 5.88. The molecular formula is C16H15ClN4O3. The summed E-state index contributed by atoms with van der Waals surface area (Å²) in [5.41, 5.74) is 0.552. The summed E-state index contributed by atoms with van der Waals surface area (Å²) in [5, 5.41) is 13.4. The highest BCUT2D eigenvalue weighted by atomic mass is 35.5. The van der Waals surface area contributed by atoms with Crippen LogP contribution in [0.1, 0.15) is 23.2 Å². The van der Waals surface area contributed by atoms with Crippen molar-refractivity contribution >= 4 is 34.7 Å². The van der Waals surface area contributed by atoms with Gasteiger partial charge in [0.1, 0.15) is 5.82 Å². The van der Waals surface area contributed by atoms with Gasteiger partial charge in [0.25, 0.3) is 11.6 Å². The Morgan fingerprint density at radius 3 is 2.58 bits per heavy atom. The maximum absolute atomic E-state index is 12.3. The minimum Gasteiger partial charge on any atom is -0.357 e. The number of pyridine rings is 1. The molecule has 0 bridgehead atoms. The molecule has 124 valence electrons. The first-order valence-corrected chi connectivity index (χ1v) is 7.89. The van der Waals surface area contributed by atoms with Gasteiger partial charge in [-0.05, 0) is 31.0 Å². The van der Waals surface area contributed by atoms with Gasteiger partial charge in [-0.25, -0.2) is 4.98 Å². The van der Waals surface area contributed by atoms with Crippen LogP contribution in [0.4, 0.5) is 17.2 Å². The van der Waals surface area contributed by atoms with Gasteiger partial charge in [-0.15, -0.1) is 0 Å². The van der Waals surface area contributed by atoms with Gasteiger partial charge in [0.15, 0.2) is 0 Å². The fraction of sp³-hybridized carbons (Fsp3) is 0.250. The standard InChI is InChI=1S/C16H15ClN4O3/c17-14-9-12(21(23)24)4-5-13(14)16(22)19-11-3-6-15(18-10-11)20-7-1-2-8-20/h3-6,9-10H,1-2,7-8H2,(H,19,22). The summed E-state index contributed by atoms with van der Waals surface area (Å²) in [6.07, 6.45) is 3.92. The second kappa shape index (κ2) is 6.84. The third kappa shape index (κ3) is 3.46. The molecule has 0 spiro atoms. The van der Waals surface area contributed by atoms with E-state index in [9.17, 15) is 14.9 Å². The number of nitro benzene ring substituents is 1. The molecule has 1 aliphatic heterocycles. The van der Waals surface area contributed by atoms with E-state index >= 15 is 0 Å². The number of carbonyl (C=O) groups excluding carboxylic acids is 1. The molecule has 0 unspecified atom stereocenters. The van der Waals surface area contributed by atoms with Gasteiger partial charge in [-0.3, -0.25) is 14.9 Å². The Morgan fingerprint density at radius 1 is 1.25 bits per heavy atom. The van der Waals surface area contributed by atoms with E-state index in [0.717, 1.165) is 25.0 Å². The molecule has 0 saturated carbocycles. The smallest absolute Gasteiger partial charge is 0.270 e. The van der Waals surface area contributed by atoms with Gasteiger partial charge >= 0.3 is 0 Å². The van der Waals surface area contributed by atoms with Crippen molar-refractivity contribution in [1.29, 1.82) is 0 Å².